The van der Waals surface area contributed by atoms with Gasteiger partial charge in [-0.15, -0.1) is 10.2 Å². The topological polar surface area (TPSA) is 90.7 Å². The highest BCUT2D eigenvalue weighted by Crippen LogP contribution is 2.21. The molecule has 3 aromatic rings. The van der Waals surface area contributed by atoms with E-state index in [1.165, 1.54) is 11.8 Å². The highest BCUT2D eigenvalue weighted by atomic mass is 32.2. The van der Waals surface area contributed by atoms with Gasteiger partial charge >= 0.3 is 0 Å². The van der Waals surface area contributed by atoms with Crippen LogP contribution < -0.4 is 19.7 Å². The summed E-state index contributed by atoms with van der Waals surface area (Å²) >= 11 is 1.33. The van der Waals surface area contributed by atoms with E-state index in [0.717, 1.165) is 43.4 Å². The number of ether oxygens (including phenoxy) is 3. The number of benzene rings is 2. The van der Waals surface area contributed by atoms with Gasteiger partial charge < -0.3 is 29.0 Å². The summed E-state index contributed by atoms with van der Waals surface area (Å²) in [7, 11) is 3.48. The number of hydrogen-bond acceptors (Lipinski definition) is 8. The fourth-order valence-electron chi connectivity index (χ4n) is 3.32. The first-order chi connectivity index (χ1) is 16.1. The zero-order valence-corrected chi connectivity index (χ0v) is 19.5. The van der Waals surface area contributed by atoms with Crippen molar-refractivity contribution in [2.45, 2.75) is 11.8 Å². The Bertz CT molecular complexity index is 1050. The summed E-state index contributed by atoms with van der Waals surface area (Å²) in [5, 5.41) is 11.9. The third-order valence-electron chi connectivity index (χ3n) is 5.21. The largest absolute Gasteiger partial charge is 0.497 e. The van der Waals surface area contributed by atoms with E-state index >= 15 is 0 Å². The maximum absolute atomic E-state index is 12.4. The van der Waals surface area contributed by atoms with Crippen molar-refractivity contribution in [2.75, 3.05) is 49.4 Å². The third kappa shape index (κ3) is 6.17. The molecule has 0 saturated carbocycles. The van der Waals surface area contributed by atoms with Crippen LogP contribution in [-0.4, -0.2) is 59.8 Å². The number of aromatic nitrogens is 3. The molecule has 1 aliphatic heterocycles. The molecule has 1 fully saturated rings. The van der Waals surface area contributed by atoms with Gasteiger partial charge in [0.25, 0.3) is 0 Å². The van der Waals surface area contributed by atoms with E-state index in [1.54, 1.807) is 7.11 Å². The Morgan fingerprint density at radius 1 is 1.06 bits per heavy atom. The molecule has 2 aromatic carbocycles. The maximum atomic E-state index is 12.4. The lowest BCUT2D eigenvalue weighted by molar-refractivity contribution is -0.113. The lowest BCUT2D eigenvalue weighted by Gasteiger charge is -2.28. The number of carbonyl (C=O) groups is 1. The average molecular weight is 470 g/mol. The van der Waals surface area contributed by atoms with Crippen LogP contribution in [0.15, 0.2) is 53.7 Å². The van der Waals surface area contributed by atoms with Crippen molar-refractivity contribution >= 4 is 29.0 Å². The van der Waals surface area contributed by atoms with E-state index in [1.807, 2.05) is 60.1 Å². The molecule has 1 saturated heterocycles. The molecule has 0 radical (unpaired) electrons. The van der Waals surface area contributed by atoms with Gasteiger partial charge in [0.05, 0.1) is 26.1 Å². The molecule has 1 aliphatic rings. The monoisotopic (exact) mass is 469 g/mol. The average Bonchev–Trinajstić information content (AvgIpc) is 3.22. The number of methoxy groups -OCH3 is 1. The number of anilines is 2. The van der Waals surface area contributed by atoms with Gasteiger partial charge in [-0.2, -0.15) is 0 Å². The van der Waals surface area contributed by atoms with E-state index in [4.69, 9.17) is 14.2 Å². The lowest BCUT2D eigenvalue weighted by atomic mass is 10.2. The van der Waals surface area contributed by atoms with Gasteiger partial charge in [-0.3, -0.25) is 4.79 Å². The van der Waals surface area contributed by atoms with E-state index in [-0.39, 0.29) is 18.3 Å². The van der Waals surface area contributed by atoms with Crippen molar-refractivity contribution < 1.29 is 19.0 Å². The Balaban J connectivity index is 1.24. The summed E-state index contributed by atoms with van der Waals surface area (Å²) in [6.07, 6.45) is 0. The Labute approximate surface area is 197 Å². The molecule has 2 heterocycles. The van der Waals surface area contributed by atoms with Crippen molar-refractivity contribution in [3.05, 3.63) is 54.4 Å². The van der Waals surface area contributed by atoms with Crippen LogP contribution in [0.5, 0.6) is 11.5 Å². The molecular formula is C23H27N5O4S. The van der Waals surface area contributed by atoms with Crippen molar-refractivity contribution in [1.29, 1.82) is 0 Å². The summed E-state index contributed by atoms with van der Waals surface area (Å²) in [5.41, 5.74) is 1.90. The number of nitrogens with one attached hydrogen (secondary N) is 1. The van der Waals surface area contributed by atoms with E-state index in [9.17, 15) is 4.79 Å². The number of morpholine rings is 1. The number of hydrogen-bond donors (Lipinski definition) is 1. The minimum atomic E-state index is -0.0989. The SMILES string of the molecule is COc1ccc(OCc2nnc(SCC(=O)Nc3ccc(N4CCOCC4)cc3)n2C)cc1. The second kappa shape index (κ2) is 11.1. The van der Waals surface area contributed by atoms with E-state index < -0.39 is 0 Å². The van der Waals surface area contributed by atoms with Crippen molar-refractivity contribution in [3.63, 3.8) is 0 Å². The second-order valence-corrected chi connectivity index (χ2v) is 8.35. The van der Waals surface area contributed by atoms with Crippen LogP contribution in [0, 0.1) is 0 Å². The van der Waals surface area contributed by atoms with Crippen LogP contribution in [0.1, 0.15) is 5.82 Å². The van der Waals surface area contributed by atoms with Crippen LogP contribution in [0.2, 0.25) is 0 Å². The predicted molar refractivity (Wildman–Crippen MR) is 127 cm³/mol. The van der Waals surface area contributed by atoms with Gasteiger partial charge in [-0.1, -0.05) is 11.8 Å². The molecule has 1 aromatic heterocycles. The number of carbonyl (C=O) groups excluding carboxylic acids is 1. The summed E-state index contributed by atoms with van der Waals surface area (Å²) in [4.78, 5) is 14.7. The summed E-state index contributed by atoms with van der Waals surface area (Å²) in [6.45, 7) is 3.53. The fraction of sp³-hybridized carbons (Fsp3) is 0.348. The van der Waals surface area contributed by atoms with Crippen molar-refractivity contribution in [3.8, 4) is 11.5 Å². The second-order valence-electron chi connectivity index (χ2n) is 7.41. The Kier molecular flexibility index (Phi) is 7.69. The minimum absolute atomic E-state index is 0.0989. The molecule has 1 N–H and O–H groups in total. The van der Waals surface area contributed by atoms with Crippen LogP contribution >= 0.6 is 11.8 Å². The van der Waals surface area contributed by atoms with Crippen LogP contribution in [0.3, 0.4) is 0 Å². The molecule has 33 heavy (non-hydrogen) atoms. The highest BCUT2D eigenvalue weighted by Gasteiger charge is 2.14. The van der Waals surface area contributed by atoms with Crippen molar-refractivity contribution in [1.82, 2.24) is 14.8 Å². The van der Waals surface area contributed by atoms with Crippen LogP contribution in [-0.2, 0) is 23.2 Å². The molecular weight excluding hydrogens is 442 g/mol. The minimum Gasteiger partial charge on any atom is -0.497 e. The molecule has 0 atom stereocenters. The normalized spacial score (nSPS) is 13.6. The van der Waals surface area contributed by atoms with Gasteiger partial charge in [0.15, 0.2) is 11.0 Å². The standard InChI is InChI=1S/C23H27N5O4S/c1-27-21(15-32-20-9-7-19(30-2)8-10-20)25-26-23(27)33-16-22(29)24-17-3-5-18(6-4-17)28-11-13-31-14-12-28/h3-10H,11-16H2,1-2H3,(H,24,29). The third-order valence-corrected chi connectivity index (χ3v) is 6.23. The fourth-order valence-corrected chi connectivity index (χ4v) is 4.05. The zero-order chi connectivity index (χ0) is 23.0. The van der Waals surface area contributed by atoms with E-state index in [0.29, 0.717) is 16.7 Å². The number of rotatable bonds is 9. The number of nitrogens with zero attached hydrogens (tertiary/aromatic N) is 4. The number of thioether (sulfide) groups is 1. The molecule has 10 heteroatoms. The van der Waals surface area contributed by atoms with Crippen LogP contribution in [0.4, 0.5) is 11.4 Å². The van der Waals surface area contributed by atoms with Crippen LogP contribution in [0.25, 0.3) is 0 Å². The molecule has 0 unspecified atom stereocenters. The molecule has 0 spiro atoms. The first-order valence-corrected chi connectivity index (χ1v) is 11.6. The van der Waals surface area contributed by atoms with Gasteiger partial charge in [-0.05, 0) is 48.5 Å². The van der Waals surface area contributed by atoms with Gasteiger partial charge in [0.2, 0.25) is 5.91 Å². The summed E-state index contributed by atoms with van der Waals surface area (Å²) in [6, 6.07) is 15.2. The summed E-state index contributed by atoms with van der Waals surface area (Å²) in [5.74, 6) is 2.29. The van der Waals surface area contributed by atoms with Gasteiger partial charge in [0, 0.05) is 31.5 Å². The Morgan fingerprint density at radius 2 is 1.76 bits per heavy atom. The quantitative estimate of drug-likeness (QED) is 0.479. The maximum Gasteiger partial charge on any atom is 0.234 e. The molecule has 174 valence electrons. The first-order valence-electron chi connectivity index (χ1n) is 10.6. The summed E-state index contributed by atoms with van der Waals surface area (Å²) < 4.78 is 18.1. The number of amides is 1. The molecule has 4 rings (SSSR count). The Hall–Kier alpha value is -3.24. The first kappa shape index (κ1) is 22.9. The molecule has 0 bridgehead atoms. The Morgan fingerprint density at radius 3 is 2.45 bits per heavy atom. The predicted octanol–water partition coefficient (Wildman–Crippen LogP) is 2.97. The van der Waals surface area contributed by atoms with Crippen molar-refractivity contribution in [2.24, 2.45) is 7.05 Å². The lowest BCUT2D eigenvalue weighted by Crippen LogP contribution is -2.36. The highest BCUT2D eigenvalue weighted by molar-refractivity contribution is 7.99. The van der Waals surface area contributed by atoms with Gasteiger partial charge in [-0.25, -0.2) is 0 Å². The van der Waals surface area contributed by atoms with E-state index in [2.05, 4.69) is 20.4 Å². The molecule has 0 aliphatic carbocycles. The van der Waals surface area contributed by atoms with Gasteiger partial charge in [0.1, 0.15) is 18.1 Å². The molecule has 1 amide bonds. The smallest absolute Gasteiger partial charge is 0.234 e. The molecule has 9 nitrogen and oxygen atoms in total. The zero-order valence-electron chi connectivity index (χ0n) is 18.7.